The maximum absolute atomic E-state index is 14.4. The number of imide groups is 1. The topological polar surface area (TPSA) is 107 Å². The lowest BCUT2D eigenvalue weighted by atomic mass is 9.63. The molecular weight excluding hydrogens is 574 g/mol. The first-order valence-corrected chi connectivity index (χ1v) is 13.6. The van der Waals surface area contributed by atoms with E-state index in [1.165, 1.54) is 34.6 Å². The summed E-state index contributed by atoms with van der Waals surface area (Å²) < 4.78 is 17.3. The molecule has 0 bridgehead atoms. The normalized spacial score (nSPS) is 27.0. The summed E-state index contributed by atoms with van der Waals surface area (Å²) in [6.07, 6.45) is 1.48. The Balaban J connectivity index is 1.54. The van der Waals surface area contributed by atoms with Gasteiger partial charge in [-0.25, -0.2) is 32.8 Å². The van der Waals surface area contributed by atoms with E-state index in [1.807, 2.05) is 0 Å². The number of rotatable bonds is 2. The molecular formula is C29H21Cl2FN4O5. The first-order chi connectivity index (χ1) is 19.5. The Hall–Kier alpha value is -4.15. The van der Waals surface area contributed by atoms with Gasteiger partial charge in [0.15, 0.2) is 9.75 Å². The van der Waals surface area contributed by atoms with E-state index in [2.05, 4.69) is 0 Å². The Bertz CT molecular complexity index is 1980. The number of hydrogen-bond donors (Lipinski definition) is 1. The van der Waals surface area contributed by atoms with Crippen LogP contribution in [0.2, 0.25) is 0 Å². The van der Waals surface area contributed by atoms with Crippen LogP contribution in [-0.4, -0.2) is 40.6 Å². The minimum Gasteiger partial charge on any atom is -0.507 e. The molecule has 12 heteroatoms. The SMILES string of the molecule is Cn1c(=O)n2n(c1=O)[C@@H]1C[C@@]3(Cl)C(=O)N(c4ccc(F)cc4)C(=O)[C@@]3(Cl)[C@@H](c3ccc(O)c4ccccc34)C1=CC2. The van der Waals surface area contributed by atoms with E-state index in [0.717, 1.165) is 21.6 Å². The lowest BCUT2D eigenvalue weighted by molar-refractivity contribution is -0.122. The molecule has 3 heterocycles. The summed E-state index contributed by atoms with van der Waals surface area (Å²) in [4.78, 5) is 51.4. The highest BCUT2D eigenvalue weighted by Crippen LogP contribution is 2.64. The summed E-state index contributed by atoms with van der Waals surface area (Å²) in [5, 5.41) is 11.7. The van der Waals surface area contributed by atoms with Crippen LogP contribution in [0.15, 0.2) is 81.9 Å². The molecule has 1 N–H and O–H groups in total. The molecule has 2 aliphatic heterocycles. The van der Waals surface area contributed by atoms with Gasteiger partial charge in [-0.2, -0.15) is 0 Å². The number of carbonyl (C=O) groups is 2. The van der Waals surface area contributed by atoms with Crippen LogP contribution >= 0.6 is 23.2 Å². The molecule has 1 saturated carbocycles. The monoisotopic (exact) mass is 594 g/mol. The highest BCUT2D eigenvalue weighted by Gasteiger charge is 2.75. The average molecular weight is 595 g/mol. The van der Waals surface area contributed by atoms with Crippen LogP contribution in [0.5, 0.6) is 5.75 Å². The summed E-state index contributed by atoms with van der Waals surface area (Å²) in [7, 11) is 1.36. The summed E-state index contributed by atoms with van der Waals surface area (Å²) in [5.74, 6) is -3.22. The fraction of sp³-hybridized carbons (Fsp3) is 0.241. The fourth-order valence-corrected chi connectivity index (χ4v) is 7.58. The quantitative estimate of drug-likeness (QED) is 0.217. The molecule has 2 amide bonds. The number of benzene rings is 3. The van der Waals surface area contributed by atoms with Crippen molar-refractivity contribution >= 4 is 51.5 Å². The second-order valence-electron chi connectivity index (χ2n) is 10.6. The predicted molar refractivity (Wildman–Crippen MR) is 150 cm³/mol. The number of phenolic OH excluding ortho intramolecular Hbond substituents is 1. The summed E-state index contributed by atoms with van der Waals surface area (Å²) >= 11 is 14.7. The molecule has 4 atom stereocenters. The van der Waals surface area contributed by atoms with Crippen molar-refractivity contribution in [3.05, 3.63) is 105 Å². The zero-order valence-electron chi connectivity index (χ0n) is 21.4. The molecule has 4 aromatic rings. The molecule has 1 aromatic heterocycles. The molecule has 41 heavy (non-hydrogen) atoms. The molecule has 3 aromatic carbocycles. The first-order valence-electron chi connectivity index (χ1n) is 12.8. The zero-order valence-corrected chi connectivity index (χ0v) is 22.9. The van der Waals surface area contributed by atoms with Crippen LogP contribution in [0, 0.1) is 5.82 Å². The fourth-order valence-electron chi connectivity index (χ4n) is 6.67. The lowest BCUT2D eigenvalue weighted by Gasteiger charge is -2.49. The number of alkyl halides is 2. The van der Waals surface area contributed by atoms with E-state index < -0.39 is 50.7 Å². The maximum Gasteiger partial charge on any atom is 0.347 e. The van der Waals surface area contributed by atoms with Crippen molar-refractivity contribution in [1.29, 1.82) is 0 Å². The number of carbonyl (C=O) groups excluding carboxylic acids is 2. The van der Waals surface area contributed by atoms with Gasteiger partial charge in [0.05, 0.1) is 18.3 Å². The first kappa shape index (κ1) is 25.8. The van der Waals surface area contributed by atoms with Crippen LogP contribution in [0.25, 0.3) is 10.8 Å². The summed E-state index contributed by atoms with van der Waals surface area (Å²) in [6, 6.07) is 14.0. The van der Waals surface area contributed by atoms with Crippen LogP contribution in [0.3, 0.4) is 0 Å². The Morgan fingerprint density at radius 2 is 1.59 bits per heavy atom. The lowest BCUT2D eigenvalue weighted by Crippen LogP contribution is -2.59. The van der Waals surface area contributed by atoms with Crippen molar-refractivity contribution in [3.63, 3.8) is 0 Å². The number of halogens is 3. The molecule has 208 valence electrons. The number of allylic oxidation sites excluding steroid dienone is 2. The van der Waals surface area contributed by atoms with E-state index in [-0.39, 0.29) is 24.4 Å². The van der Waals surface area contributed by atoms with Crippen LogP contribution in [0.4, 0.5) is 10.1 Å². The number of aromatic hydroxyl groups is 1. The second-order valence-corrected chi connectivity index (χ2v) is 11.8. The highest BCUT2D eigenvalue weighted by atomic mass is 35.5. The van der Waals surface area contributed by atoms with Crippen LogP contribution < -0.4 is 16.3 Å². The minimum absolute atomic E-state index is 0.00460. The van der Waals surface area contributed by atoms with Gasteiger partial charge in [0.1, 0.15) is 11.6 Å². The van der Waals surface area contributed by atoms with Crippen molar-refractivity contribution in [1.82, 2.24) is 13.9 Å². The number of fused-ring (bicyclic) bond motifs is 5. The molecule has 0 unspecified atom stereocenters. The van der Waals surface area contributed by atoms with Gasteiger partial charge in [-0.1, -0.05) is 36.4 Å². The van der Waals surface area contributed by atoms with Crippen LogP contribution in [0.1, 0.15) is 23.9 Å². The van der Waals surface area contributed by atoms with Gasteiger partial charge in [0.25, 0.3) is 11.8 Å². The van der Waals surface area contributed by atoms with Gasteiger partial charge >= 0.3 is 11.4 Å². The summed E-state index contributed by atoms with van der Waals surface area (Å²) in [5.41, 5.74) is 0.00790. The predicted octanol–water partition coefficient (Wildman–Crippen LogP) is 3.54. The number of anilines is 1. The smallest absolute Gasteiger partial charge is 0.347 e. The van der Waals surface area contributed by atoms with Gasteiger partial charge in [-0.05, 0) is 46.9 Å². The van der Waals surface area contributed by atoms with E-state index in [9.17, 15) is 28.7 Å². The third-order valence-electron chi connectivity index (χ3n) is 8.60. The maximum atomic E-state index is 14.4. The van der Waals surface area contributed by atoms with E-state index in [0.29, 0.717) is 21.9 Å². The number of phenols is 1. The van der Waals surface area contributed by atoms with Gasteiger partial charge in [0.2, 0.25) is 0 Å². The number of aromatic nitrogens is 3. The van der Waals surface area contributed by atoms with E-state index in [1.54, 1.807) is 36.4 Å². The van der Waals surface area contributed by atoms with Crippen molar-refractivity contribution in [3.8, 4) is 5.75 Å². The van der Waals surface area contributed by atoms with Crippen molar-refractivity contribution in [2.24, 2.45) is 7.05 Å². The Kier molecular flexibility index (Phi) is 5.31. The molecule has 0 spiro atoms. The zero-order chi connectivity index (χ0) is 29.0. The standard InChI is InChI=1S/C29H21Cl2FN4O5/c1-33-26(40)34-13-12-20-21(36(34)27(33)41)14-28(30)24(38)35(16-8-6-15(32)7-9-16)25(39)29(28,31)23(20)19-10-11-22(37)18-5-3-2-4-17(18)19/h2-12,21,23,37H,13-14H2,1H3/t21-,23+,28-,29+/m1/s1. The minimum atomic E-state index is -2.08. The number of amides is 2. The molecule has 1 aliphatic carbocycles. The van der Waals surface area contributed by atoms with Crippen molar-refractivity contribution in [2.45, 2.75) is 34.7 Å². The Labute approximate surface area is 241 Å². The Morgan fingerprint density at radius 3 is 2.29 bits per heavy atom. The van der Waals surface area contributed by atoms with Crippen molar-refractivity contribution in [2.75, 3.05) is 4.90 Å². The van der Waals surface area contributed by atoms with Gasteiger partial charge in [0, 0.05) is 24.8 Å². The van der Waals surface area contributed by atoms with Crippen LogP contribution in [-0.2, 0) is 23.2 Å². The average Bonchev–Trinajstić information content (AvgIpc) is 3.27. The molecule has 7 rings (SSSR count). The molecule has 1 saturated heterocycles. The van der Waals surface area contributed by atoms with Crippen molar-refractivity contribution < 1.29 is 19.1 Å². The largest absolute Gasteiger partial charge is 0.507 e. The van der Waals surface area contributed by atoms with E-state index >= 15 is 0 Å². The third-order valence-corrected chi connectivity index (χ3v) is 10.0. The van der Waals surface area contributed by atoms with E-state index in [4.69, 9.17) is 23.2 Å². The number of hydrogen-bond acceptors (Lipinski definition) is 5. The van der Waals surface area contributed by atoms with Gasteiger partial charge in [-0.15, -0.1) is 23.2 Å². The second kappa shape index (κ2) is 8.43. The molecule has 2 fully saturated rings. The molecule has 3 aliphatic rings. The number of nitrogens with zero attached hydrogens (tertiary/aromatic N) is 4. The van der Waals surface area contributed by atoms with Gasteiger partial charge in [-0.3, -0.25) is 9.59 Å². The molecule has 9 nitrogen and oxygen atoms in total. The summed E-state index contributed by atoms with van der Waals surface area (Å²) in [6.45, 7) is 0.0271. The highest BCUT2D eigenvalue weighted by molar-refractivity contribution is 6.58. The molecule has 0 radical (unpaired) electrons. The third kappa shape index (κ3) is 3.11. The van der Waals surface area contributed by atoms with Gasteiger partial charge < -0.3 is 5.11 Å². The Morgan fingerprint density at radius 1 is 0.902 bits per heavy atom.